The van der Waals surface area contributed by atoms with Gasteiger partial charge in [0.1, 0.15) is 11.6 Å². The Morgan fingerprint density at radius 2 is 2.05 bits per heavy atom. The molecule has 3 heterocycles. The van der Waals surface area contributed by atoms with Gasteiger partial charge < -0.3 is 10.6 Å². The molecule has 2 N–H and O–H groups in total. The Labute approximate surface area is 111 Å². The smallest absolute Gasteiger partial charge is 0.150 e. The van der Waals surface area contributed by atoms with Gasteiger partial charge in [-0.05, 0) is 19.4 Å². The average Bonchev–Trinajstić information content (AvgIpc) is 2.49. The Kier molecular flexibility index (Phi) is 3.60. The minimum absolute atomic E-state index is 0.449. The summed E-state index contributed by atoms with van der Waals surface area (Å²) in [4.78, 5) is 17.0. The van der Waals surface area contributed by atoms with Crippen LogP contribution in [0.1, 0.15) is 24.5 Å². The molecule has 6 heteroatoms. The summed E-state index contributed by atoms with van der Waals surface area (Å²) in [6.07, 6.45) is 10.8. The molecule has 3 rings (SSSR count). The molecule has 0 aromatic carbocycles. The molecular formula is C13H16N6. The molecular weight excluding hydrogens is 240 g/mol. The Morgan fingerprint density at radius 3 is 2.84 bits per heavy atom. The lowest BCUT2D eigenvalue weighted by molar-refractivity contribution is 0.454. The fourth-order valence-electron chi connectivity index (χ4n) is 2.24. The maximum atomic E-state index is 4.61. The van der Waals surface area contributed by atoms with E-state index in [1.54, 1.807) is 24.8 Å². The molecule has 2 aromatic heterocycles. The molecule has 1 aliphatic rings. The summed E-state index contributed by atoms with van der Waals surface area (Å²) in [5.74, 6) is 1.84. The second-order valence-corrected chi connectivity index (χ2v) is 4.59. The quantitative estimate of drug-likeness (QED) is 0.866. The highest BCUT2D eigenvalue weighted by Gasteiger charge is 2.17. The van der Waals surface area contributed by atoms with Gasteiger partial charge in [-0.15, -0.1) is 0 Å². The molecule has 1 aliphatic heterocycles. The molecule has 0 bridgehead atoms. The van der Waals surface area contributed by atoms with Crippen molar-refractivity contribution in [2.24, 2.45) is 0 Å². The standard InChI is InChI=1S/C13H16N6/c1-2-10(6-14-3-1)11-7-16-9-13(18-11)19-12-8-15-4-5-17-12/h4-5,7-10,14H,1-3,6H2,(H,17,18,19)/t10-/m0/s1. The predicted octanol–water partition coefficient (Wildman–Crippen LogP) is 1.48. The zero-order valence-corrected chi connectivity index (χ0v) is 10.6. The van der Waals surface area contributed by atoms with Gasteiger partial charge in [-0.2, -0.15) is 0 Å². The van der Waals surface area contributed by atoms with E-state index in [9.17, 15) is 0 Å². The number of piperidine rings is 1. The van der Waals surface area contributed by atoms with Gasteiger partial charge in [-0.25, -0.2) is 9.97 Å². The van der Waals surface area contributed by atoms with Crippen molar-refractivity contribution in [3.05, 3.63) is 36.7 Å². The van der Waals surface area contributed by atoms with E-state index >= 15 is 0 Å². The van der Waals surface area contributed by atoms with Gasteiger partial charge in [0.15, 0.2) is 0 Å². The first-order valence-electron chi connectivity index (χ1n) is 6.47. The van der Waals surface area contributed by atoms with Crippen LogP contribution >= 0.6 is 0 Å². The summed E-state index contributed by atoms with van der Waals surface area (Å²) in [6.45, 7) is 2.07. The summed E-state index contributed by atoms with van der Waals surface area (Å²) in [6, 6.07) is 0. The summed E-state index contributed by atoms with van der Waals surface area (Å²) >= 11 is 0. The SMILES string of the molecule is c1cnc(Nc2cncc([C@H]3CCCNC3)n2)cn1. The lowest BCUT2D eigenvalue weighted by Gasteiger charge is -2.22. The van der Waals surface area contributed by atoms with Crippen LogP contribution in [0.4, 0.5) is 11.6 Å². The molecule has 0 spiro atoms. The molecule has 1 atom stereocenters. The molecule has 1 saturated heterocycles. The number of nitrogens with one attached hydrogen (secondary N) is 2. The van der Waals surface area contributed by atoms with Crippen molar-refractivity contribution in [1.82, 2.24) is 25.3 Å². The molecule has 0 aliphatic carbocycles. The van der Waals surface area contributed by atoms with E-state index in [1.807, 2.05) is 6.20 Å². The largest absolute Gasteiger partial charge is 0.322 e. The lowest BCUT2D eigenvalue weighted by atomic mass is 9.96. The summed E-state index contributed by atoms with van der Waals surface area (Å²) in [7, 11) is 0. The minimum Gasteiger partial charge on any atom is -0.322 e. The molecule has 6 nitrogen and oxygen atoms in total. The van der Waals surface area contributed by atoms with Gasteiger partial charge >= 0.3 is 0 Å². The maximum Gasteiger partial charge on any atom is 0.150 e. The van der Waals surface area contributed by atoms with E-state index < -0.39 is 0 Å². The molecule has 0 saturated carbocycles. The van der Waals surface area contributed by atoms with Crippen LogP contribution < -0.4 is 10.6 Å². The third kappa shape index (κ3) is 3.03. The highest BCUT2D eigenvalue weighted by molar-refractivity contribution is 5.48. The predicted molar refractivity (Wildman–Crippen MR) is 72.2 cm³/mol. The first kappa shape index (κ1) is 12.0. The van der Waals surface area contributed by atoms with Crippen molar-refractivity contribution in [3.8, 4) is 0 Å². The van der Waals surface area contributed by atoms with Gasteiger partial charge in [0, 0.05) is 31.1 Å². The highest BCUT2D eigenvalue weighted by atomic mass is 15.1. The number of hydrogen-bond donors (Lipinski definition) is 2. The molecule has 19 heavy (non-hydrogen) atoms. The Hall–Kier alpha value is -2.08. The van der Waals surface area contributed by atoms with Gasteiger partial charge in [0.2, 0.25) is 0 Å². The summed E-state index contributed by atoms with van der Waals surface area (Å²) in [5.41, 5.74) is 1.03. The second-order valence-electron chi connectivity index (χ2n) is 4.59. The number of aromatic nitrogens is 4. The van der Waals surface area contributed by atoms with Gasteiger partial charge in [0.25, 0.3) is 0 Å². The monoisotopic (exact) mass is 256 g/mol. The normalized spacial score (nSPS) is 19.1. The minimum atomic E-state index is 0.449. The van der Waals surface area contributed by atoms with Crippen LogP contribution in [0, 0.1) is 0 Å². The average molecular weight is 256 g/mol. The van der Waals surface area contributed by atoms with E-state index in [1.165, 1.54) is 6.42 Å². The van der Waals surface area contributed by atoms with Crippen LogP contribution in [-0.4, -0.2) is 33.0 Å². The molecule has 98 valence electrons. The molecule has 0 radical (unpaired) electrons. The number of hydrogen-bond acceptors (Lipinski definition) is 6. The van der Waals surface area contributed by atoms with E-state index in [0.717, 1.165) is 25.2 Å². The fourth-order valence-corrected chi connectivity index (χ4v) is 2.24. The highest BCUT2D eigenvalue weighted by Crippen LogP contribution is 2.22. The molecule has 2 aromatic rings. The first-order chi connectivity index (χ1) is 9.42. The zero-order chi connectivity index (χ0) is 12.9. The lowest BCUT2D eigenvalue weighted by Crippen LogP contribution is -2.29. The Balaban J connectivity index is 1.76. The van der Waals surface area contributed by atoms with Gasteiger partial charge in [-0.1, -0.05) is 0 Å². The van der Waals surface area contributed by atoms with E-state index in [4.69, 9.17) is 0 Å². The summed E-state index contributed by atoms with van der Waals surface area (Å²) < 4.78 is 0. The second kappa shape index (κ2) is 5.71. The number of nitrogens with zero attached hydrogens (tertiary/aromatic N) is 4. The Morgan fingerprint density at radius 1 is 1.11 bits per heavy atom. The van der Waals surface area contributed by atoms with Crippen molar-refractivity contribution in [2.45, 2.75) is 18.8 Å². The van der Waals surface area contributed by atoms with Gasteiger partial charge in [0.05, 0.1) is 18.1 Å². The first-order valence-corrected chi connectivity index (χ1v) is 6.47. The van der Waals surface area contributed by atoms with E-state index in [2.05, 4.69) is 30.6 Å². The van der Waals surface area contributed by atoms with Crippen molar-refractivity contribution in [3.63, 3.8) is 0 Å². The van der Waals surface area contributed by atoms with Gasteiger partial charge in [-0.3, -0.25) is 9.97 Å². The number of anilines is 2. The van der Waals surface area contributed by atoms with Crippen LogP contribution in [0.3, 0.4) is 0 Å². The maximum absolute atomic E-state index is 4.61. The van der Waals surface area contributed by atoms with Crippen LogP contribution in [0.25, 0.3) is 0 Å². The number of rotatable bonds is 3. The van der Waals surface area contributed by atoms with Crippen LogP contribution in [-0.2, 0) is 0 Å². The topological polar surface area (TPSA) is 75.6 Å². The van der Waals surface area contributed by atoms with Crippen LogP contribution in [0.2, 0.25) is 0 Å². The molecule has 0 amide bonds. The van der Waals surface area contributed by atoms with Crippen molar-refractivity contribution >= 4 is 11.6 Å². The molecule has 1 fully saturated rings. The summed E-state index contributed by atoms with van der Waals surface area (Å²) in [5, 5.41) is 6.51. The van der Waals surface area contributed by atoms with Crippen molar-refractivity contribution < 1.29 is 0 Å². The van der Waals surface area contributed by atoms with Crippen molar-refractivity contribution in [2.75, 3.05) is 18.4 Å². The van der Waals surface area contributed by atoms with E-state index in [0.29, 0.717) is 17.6 Å². The van der Waals surface area contributed by atoms with Crippen LogP contribution in [0.15, 0.2) is 31.0 Å². The molecule has 0 unspecified atom stereocenters. The Bertz CT molecular complexity index is 524. The third-order valence-electron chi connectivity index (χ3n) is 3.19. The third-order valence-corrected chi connectivity index (χ3v) is 3.19. The van der Waals surface area contributed by atoms with E-state index in [-0.39, 0.29) is 0 Å². The fraction of sp³-hybridized carbons (Fsp3) is 0.385. The van der Waals surface area contributed by atoms with Crippen molar-refractivity contribution in [1.29, 1.82) is 0 Å². The van der Waals surface area contributed by atoms with Crippen LogP contribution in [0.5, 0.6) is 0 Å². The zero-order valence-electron chi connectivity index (χ0n) is 10.6.